The average Bonchev–Trinajstić information content (AvgIpc) is 3.53. The Bertz CT molecular complexity index is 831. The molecule has 0 saturated heterocycles. The second-order valence-electron chi connectivity index (χ2n) is 6.39. The molecule has 2 atom stereocenters. The van der Waals surface area contributed by atoms with Crippen molar-refractivity contribution in [2.24, 2.45) is 11.8 Å². The molecule has 1 saturated carbocycles. The maximum absolute atomic E-state index is 12.5. The van der Waals surface area contributed by atoms with Crippen molar-refractivity contribution in [3.05, 3.63) is 42.2 Å². The summed E-state index contributed by atoms with van der Waals surface area (Å²) in [6.07, 6.45) is 2.19. The Morgan fingerprint density at radius 1 is 1.04 bits per heavy atom. The van der Waals surface area contributed by atoms with Crippen LogP contribution in [0.15, 0.2) is 36.5 Å². The van der Waals surface area contributed by atoms with Gasteiger partial charge in [-0.2, -0.15) is 0 Å². The second kappa shape index (κ2) is 8.60. The molecular weight excluding hydrogens is 362 g/mol. The van der Waals surface area contributed by atoms with Gasteiger partial charge >= 0.3 is 0 Å². The lowest BCUT2D eigenvalue weighted by atomic mass is 10.2. The summed E-state index contributed by atoms with van der Waals surface area (Å²) < 4.78 is 15.8. The Morgan fingerprint density at radius 2 is 1.71 bits per heavy atom. The van der Waals surface area contributed by atoms with Crippen LogP contribution in [-0.4, -0.2) is 38.1 Å². The molecule has 0 bridgehead atoms. The number of rotatable bonds is 8. The average molecular weight is 385 g/mol. The lowest BCUT2D eigenvalue weighted by molar-refractivity contribution is -0.125. The predicted molar refractivity (Wildman–Crippen MR) is 102 cm³/mol. The number of hydrogen-bond donors (Lipinski definition) is 2. The largest absolute Gasteiger partial charge is 0.493 e. The highest BCUT2D eigenvalue weighted by atomic mass is 16.5. The number of benzene rings is 1. The minimum atomic E-state index is -0.358. The molecule has 0 radical (unpaired) electrons. The summed E-state index contributed by atoms with van der Waals surface area (Å²) in [5, 5.41) is 5.64. The zero-order valence-corrected chi connectivity index (χ0v) is 16.0. The number of nitrogens with one attached hydrogen (secondary N) is 2. The van der Waals surface area contributed by atoms with Gasteiger partial charge < -0.3 is 24.8 Å². The molecule has 8 heteroatoms. The quantitative estimate of drug-likeness (QED) is 0.721. The van der Waals surface area contributed by atoms with Crippen LogP contribution in [-0.2, 0) is 16.1 Å². The van der Waals surface area contributed by atoms with E-state index in [9.17, 15) is 9.59 Å². The van der Waals surface area contributed by atoms with Gasteiger partial charge in [0.1, 0.15) is 0 Å². The zero-order valence-electron chi connectivity index (χ0n) is 16.0. The first kappa shape index (κ1) is 19.5. The number of pyridine rings is 1. The van der Waals surface area contributed by atoms with Gasteiger partial charge in [-0.15, -0.1) is 0 Å². The van der Waals surface area contributed by atoms with Gasteiger partial charge in [-0.3, -0.25) is 14.6 Å². The third-order valence-corrected chi connectivity index (χ3v) is 4.57. The highest BCUT2D eigenvalue weighted by Crippen LogP contribution is 2.42. The minimum absolute atomic E-state index is 0.143. The third-order valence-electron chi connectivity index (χ3n) is 4.57. The number of aromatic nitrogens is 1. The molecule has 1 aliphatic carbocycles. The van der Waals surface area contributed by atoms with Crippen LogP contribution >= 0.6 is 0 Å². The van der Waals surface area contributed by atoms with Gasteiger partial charge in [0, 0.05) is 24.0 Å². The zero-order chi connectivity index (χ0) is 20.1. The molecule has 1 fully saturated rings. The van der Waals surface area contributed by atoms with Gasteiger partial charge in [0.25, 0.3) is 0 Å². The van der Waals surface area contributed by atoms with Crippen LogP contribution < -0.4 is 24.8 Å². The van der Waals surface area contributed by atoms with Gasteiger partial charge in [-0.05, 0) is 18.6 Å². The summed E-state index contributed by atoms with van der Waals surface area (Å²) in [4.78, 5) is 28.9. The van der Waals surface area contributed by atoms with E-state index in [0.717, 1.165) is 5.69 Å². The standard InChI is InChI=1S/C20H23N3O5/c1-26-16-8-13(9-17(27-2)18(16)28-3)23-20(25)15-10-14(15)19(24)22-11-12-6-4-5-7-21-12/h4-9,14-15H,10-11H2,1-3H3,(H,22,24)(H,23,25). The fraction of sp³-hybridized carbons (Fsp3) is 0.350. The van der Waals surface area contributed by atoms with Crippen molar-refractivity contribution in [2.75, 3.05) is 26.6 Å². The summed E-state index contributed by atoms with van der Waals surface area (Å²) in [7, 11) is 4.52. The van der Waals surface area contributed by atoms with Crippen molar-refractivity contribution in [2.45, 2.75) is 13.0 Å². The van der Waals surface area contributed by atoms with Crippen molar-refractivity contribution in [3.8, 4) is 17.2 Å². The van der Waals surface area contributed by atoms with Crippen molar-refractivity contribution in [1.29, 1.82) is 0 Å². The Balaban J connectivity index is 1.58. The molecule has 0 aliphatic heterocycles. The Kier molecular flexibility index (Phi) is 5.98. The van der Waals surface area contributed by atoms with Crippen LogP contribution in [0.2, 0.25) is 0 Å². The van der Waals surface area contributed by atoms with Gasteiger partial charge in [-0.1, -0.05) is 6.07 Å². The first-order valence-corrected chi connectivity index (χ1v) is 8.85. The molecule has 148 valence electrons. The van der Waals surface area contributed by atoms with E-state index in [1.54, 1.807) is 18.3 Å². The van der Waals surface area contributed by atoms with E-state index in [0.29, 0.717) is 35.9 Å². The van der Waals surface area contributed by atoms with Gasteiger partial charge in [0.2, 0.25) is 17.6 Å². The van der Waals surface area contributed by atoms with Crippen LogP contribution in [0.25, 0.3) is 0 Å². The highest BCUT2D eigenvalue weighted by Gasteiger charge is 2.48. The summed E-state index contributed by atoms with van der Waals surface area (Å²) in [5.74, 6) is 0.285. The van der Waals surface area contributed by atoms with Crippen molar-refractivity contribution < 1.29 is 23.8 Å². The first-order chi connectivity index (χ1) is 13.6. The van der Waals surface area contributed by atoms with E-state index in [2.05, 4.69) is 15.6 Å². The summed E-state index contributed by atoms with van der Waals surface area (Å²) in [5.41, 5.74) is 1.29. The normalized spacial score (nSPS) is 17.4. The topological polar surface area (TPSA) is 98.8 Å². The molecule has 1 heterocycles. The molecule has 2 aromatic rings. The number of ether oxygens (including phenoxy) is 3. The van der Waals surface area contributed by atoms with E-state index in [4.69, 9.17) is 14.2 Å². The Hall–Kier alpha value is -3.29. The van der Waals surface area contributed by atoms with E-state index >= 15 is 0 Å². The number of carbonyl (C=O) groups is 2. The maximum atomic E-state index is 12.5. The fourth-order valence-electron chi connectivity index (χ4n) is 2.97. The first-order valence-electron chi connectivity index (χ1n) is 8.85. The number of hydrogen-bond acceptors (Lipinski definition) is 6. The SMILES string of the molecule is COc1cc(NC(=O)C2CC2C(=O)NCc2ccccn2)cc(OC)c1OC. The van der Waals surface area contributed by atoms with E-state index in [1.807, 2.05) is 18.2 Å². The molecule has 2 N–H and O–H groups in total. The number of methoxy groups -OCH3 is 3. The Morgan fingerprint density at radius 3 is 2.29 bits per heavy atom. The third kappa shape index (κ3) is 4.33. The number of nitrogens with zero attached hydrogens (tertiary/aromatic N) is 1. The molecule has 1 aromatic carbocycles. The number of amides is 2. The van der Waals surface area contributed by atoms with E-state index in [-0.39, 0.29) is 23.7 Å². The molecule has 2 amide bonds. The Labute approximate surface area is 163 Å². The predicted octanol–water partition coefficient (Wildman–Crippen LogP) is 2.00. The van der Waals surface area contributed by atoms with Gasteiger partial charge in [0.15, 0.2) is 11.5 Å². The number of anilines is 1. The summed E-state index contributed by atoms with van der Waals surface area (Å²) in [6.45, 7) is 0.345. The number of carbonyl (C=O) groups excluding carboxylic acids is 2. The fourth-order valence-corrected chi connectivity index (χ4v) is 2.97. The molecular formula is C20H23N3O5. The van der Waals surface area contributed by atoms with Crippen LogP contribution in [0.4, 0.5) is 5.69 Å². The summed E-state index contributed by atoms with van der Waals surface area (Å²) in [6, 6.07) is 8.81. The smallest absolute Gasteiger partial charge is 0.228 e. The van der Waals surface area contributed by atoms with Gasteiger partial charge in [-0.25, -0.2) is 0 Å². The molecule has 28 heavy (non-hydrogen) atoms. The maximum Gasteiger partial charge on any atom is 0.228 e. The lowest BCUT2D eigenvalue weighted by Crippen LogP contribution is -2.27. The van der Waals surface area contributed by atoms with Crippen molar-refractivity contribution in [3.63, 3.8) is 0 Å². The van der Waals surface area contributed by atoms with Gasteiger partial charge in [0.05, 0.1) is 45.4 Å². The minimum Gasteiger partial charge on any atom is -0.493 e. The monoisotopic (exact) mass is 385 g/mol. The molecule has 1 aromatic heterocycles. The highest BCUT2D eigenvalue weighted by molar-refractivity contribution is 5.99. The van der Waals surface area contributed by atoms with E-state index < -0.39 is 0 Å². The van der Waals surface area contributed by atoms with Crippen LogP contribution in [0.3, 0.4) is 0 Å². The molecule has 2 unspecified atom stereocenters. The molecule has 8 nitrogen and oxygen atoms in total. The van der Waals surface area contributed by atoms with Crippen LogP contribution in [0.1, 0.15) is 12.1 Å². The molecule has 1 aliphatic rings. The van der Waals surface area contributed by atoms with Crippen molar-refractivity contribution >= 4 is 17.5 Å². The second-order valence-corrected chi connectivity index (χ2v) is 6.39. The van der Waals surface area contributed by atoms with E-state index in [1.165, 1.54) is 21.3 Å². The summed E-state index contributed by atoms with van der Waals surface area (Å²) >= 11 is 0. The lowest BCUT2D eigenvalue weighted by Gasteiger charge is -2.14. The van der Waals surface area contributed by atoms with Crippen LogP contribution in [0.5, 0.6) is 17.2 Å². The van der Waals surface area contributed by atoms with Crippen LogP contribution in [0, 0.1) is 11.8 Å². The van der Waals surface area contributed by atoms with Crippen molar-refractivity contribution in [1.82, 2.24) is 10.3 Å². The molecule has 3 rings (SSSR count). The molecule has 0 spiro atoms.